The minimum atomic E-state index is -2.43. The van der Waals surface area contributed by atoms with E-state index in [-0.39, 0.29) is 72.9 Å². The number of rotatable bonds is 9. The van der Waals surface area contributed by atoms with Crippen molar-refractivity contribution < 1.29 is 96.7 Å². The predicted octanol–water partition coefficient (Wildman–Crippen LogP) is 8.65. The van der Waals surface area contributed by atoms with E-state index in [9.17, 15) is 63.9 Å². The van der Waals surface area contributed by atoms with Gasteiger partial charge in [-0.25, -0.2) is 9.18 Å². The van der Waals surface area contributed by atoms with Crippen LogP contribution in [0.3, 0.4) is 0 Å². The summed E-state index contributed by atoms with van der Waals surface area (Å²) in [5, 5.41) is 56.7. The van der Waals surface area contributed by atoms with Crippen LogP contribution in [-0.4, -0.2) is 184 Å². The number of fused-ring (bicyclic) bond motifs is 8. The number of alkyl halides is 1. The Morgan fingerprint density at radius 1 is 0.812 bits per heavy atom. The van der Waals surface area contributed by atoms with Crippen molar-refractivity contribution in [3.63, 3.8) is 0 Å². The number of Topliss-reactive ketones (excluding diaryl/α,β-unsaturated/α-hetero) is 4. The fourth-order valence-corrected chi connectivity index (χ4v) is 17.5. The average molecular weight is 1350 g/mol. The number of methoxy groups -OCH3 is 3. The standard InChI is InChI=1S/C51H79NO13.C24H31FO6/c1-30-16-12-11-13-17-31(2)42(61-8)28-38-21-19-36(7)51(60,65-38)48(57)49(58)52-23-15-14-18-39(52)50(59)64-43(33(4)26-37-20-22-40(53)44(27-37)62-9)29-41(54)32(3)25-35(6)46(56)47(63-10)45(55)34(5)24-30;1-13-9-18-17-6-5-15-10-16(27)7-8-21(15,3)23(17,25)19(28)11-22(18,4)24(13,30)20(29)12-31-14(2)26/h11-13,16-17,25,30,32-34,36-40,42-44,46-47,53,56,60H,14-15,18-24,26-29H2,1-10H3;7-8,10,13,17-19,28,30H,5-6,9,11-12H2,1-4H3/b13-11?,16-12+,31-17?,35-25+;/t30-,32-,33-,34-,36-,37+,38+,39+,40-,42+,43+,44-,46-,47+,51-;13-,17+,18+,19?,21+,22+,23+,24+/m11/s1. The Morgan fingerprint density at radius 3 is 2.19 bits per heavy atom. The monoisotopic (exact) mass is 1350 g/mol. The molecule has 3 aliphatic heterocycles. The molecule has 21 heteroatoms. The van der Waals surface area contributed by atoms with Gasteiger partial charge in [-0.1, -0.05) is 96.6 Å². The SMILES string of the molecule is CC(=O)OCC(=O)[C@@]1(O)[C@H](C)C[C@H]2[C@@H]3CCC4=CC(=O)C=C[C@]4(C)[C@@]3(F)C(O)C[C@@]21C.CO[C@H]1C[C@@H]2CC[C@@H](C)[C@@](O)(O2)C(=O)C(=O)N2CCCC[C@H]2C(=O)O[C@H]([C@H](C)C[C@@H]2CC[C@@H](O)[C@H](OC)C2)CC(=O)[C@H](C)/C=C(\C)[C@@H](O)[C@@H](OC)C(=O)[C@H](C)C[C@H](C)/C=C/C=CC=C1C. The summed E-state index contributed by atoms with van der Waals surface area (Å²) < 4.78 is 51.2. The number of ketones is 5. The molecule has 96 heavy (non-hydrogen) atoms. The van der Waals surface area contributed by atoms with Crippen molar-refractivity contribution in [2.75, 3.05) is 34.5 Å². The van der Waals surface area contributed by atoms with Crippen molar-refractivity contribution in [3.05, 3.63) is 71.4 Å². The number of amides is 1. The van der Waals surface area contributed by atoms with Gasteiger partial charge in [0.05, 0.1) is 30.5 Å². The normalized spacial score (nSPS) is 42.1. The van der Waals surface area contributed by atoms with E-state index in [2.05, 4.69) is 0 Å². The number of ether oxygens (including phenoxy) is 6. The maximum absolute atomic E-state index is 17.0. The number of nitrogens with zero attached hydrogens (tertiary/aromatic N) is 1. The highest BCUT2D eigenvalue weighted by Crippen LogP contribution is 2.71. The summed E-state index contributed by atoms with van der Waals surface area (Å²) >= 11 is 0. The predicted molar refractivity (Wildman–Crippen MR) is 355 cm³/mol. The van der Waals surface area contributed by atoms with Crippen molar-refractivity contribution in [2.45, 2.75) is 251 Å². The van der Waals surface area contributed by atoms with Crippen LogP contribution in [0.5, 0.6) is 0 Å². The molecule has 20 nitrogen and oxygen atoms in total. The molecule has 3 heterocycles. The van der Waals surface area contributed by atoms with E-state index in [0.717, 1.165) is 12.0 Å². The van der Waals surface area contributed by atoms with Crippen LogP contribution in [0.15, 0.2) is 71.4 Å². The summed E-state index contributed by atoms with van der Waals surface area (Å²) in [5.74, 6) is -10.8. The Kier molecular flexibility index (Phi) is 26.4. The Hall–Kier alpha value is -5.23. The first-order chi connectivity index (χ1) is 45.1. The smallest absolute Gasteiger partial charge is 0.329 e. The zero-order valence-corrected chi connectivity index (χ0v) is 59.1. The molecule has 5 aliphatic carbocycles. The molecule has 0 aromatic carbocycles. The fraction of sp³-hybridized carbons (Fsp3) is 0.733. The van der Waals surface area contributed by atoms with Gasteiger partial charge in [0.1, 0.15) is 35.7 Å². The summed E-state index contributed by atoms with van der Waals surface area (Å²) in [5.41, 5.74) is -4.06. The molecule has 0 spiro atoms. The van der Waals surface area contributed by atoms with Gasteiger partial charge in [0.15, 0.2) is 23.8 Å². The van der Waals surface area contributed by atoms with Crippen molar-refractivity contribution in [1.29, 1.82) is 0 Å². The van der Waals surface area contributed by atoms with Crippen LogP contribution < -0.4 is 0 Å². The van der Waals surface area contributed by atoms with Crippen LogP contribution in [0.4, 0.5) is 4.39 Å². The van der Waals surface area contributed by atoms with Crippen molar-refractivity contribution in [3.8, 4) is 0 Å². The number of hydrogen-bond donors (Lipinski definition) is 5. The topological polar surface area (TPSA) is 296 Å². The van der Waals surface area contributed by atoms with E-state index in [4.69, 9.17) is 28.4 Å². The van der Waals surface area contributed by atoms with Gasteiger partial charge >= 0.3 is 11.9 Å². The maximum Gasteiger partial charge on any atom is 0.329 e. The van der Waals surface area contributed by atoms with E-state index in [0.29, 0.717) is 88.2 Å². The lowest BCUT2D eigenvalue weighted by Gasteiger charge is -2.62. The molecule has 4 saturated carbocycles. The molecule has 0 aromatic heterocycles. The van der Waals surface area contributed by atoms with Gasteiger partial charge in [-0.15, -0.1) is 0 Å². The number of carbonyl (C=O) groups excluding carboxylic acids is 8. The number of aliphatic hydroxyl groups is 5. The molecule has 536 valence electrons. The number of aliphatic hydroxyl groups excluding tert-OH is 3. The zero-order valence-electron chi connectivity index (χ0n) is 59.1. The minimum absolute atomic E-state index is 0.0193. The number of cyclic esters (lactones) is 1. The Balaban J connectivity index is 0.000000346. The number of esters is 2. The second kappa shape index (κ2) is 32.4. The van der Waals surface area contributed by atoms with Gasteiger partial charge in [0, 0.05) is 82.1 Å². The molecule has 8 aliphatic rings. The van der Waals surface area contributed by atoms with Crippen LogP contribution in [0.1, 0.15) is 179 Å². The van der Waals surface area contributed by atoms with Crippen LogP contribution in [0.2, 0.25) is 0 Å². The van der Waals surface area contributed by atoms with Crippen molar-refractivity contribution in [2.24, 2.45) is 64.1 Å². The van der Waals surface area contributed by atoms with Crippen molar-refractivity contribution >= 4 is 46.8 Å². The van der Waals surface area contributed by atoms with Crippen LogP contribution in [0, 0.1) is 64.1 Å². The Morgan fingerprint density at radius 2 is 1.52 bits per heavy atom. The second-order valence-corrected chi connectivity index (χ2v) is 30.0. The molecule has 0 aromatic rings. The first-order valence-electron chi connectivity index (χ1n) is 34.9. The molecule has 2 saturated heterocycles. The highest BCUT2D eigenvalue weighted by Gasteiger charge is 2.75. The quantitative estimate of drug-likeness (QED) is 0.0819. The number of allylic oxidation sites excluding steroid dienone is 10. The number of hydrogen-bond acceptors (Lipinski definition) is 19. The summed E-state index contributed by atoms with van der Waals surface area (Å²) in [7, 11) is 4.52. The molecule has 6 fully saturated rings. The van der Waals surface area contributed by atoms with Gasteiger partial charge in [-0.3, -0.25) is 33.6 Å². The van der Waals surface area contributed by atoms with Crippen molar-refractivity contribution in [1.82, 2.24) is 4.90 Å². The molecule has 0 radical (unpaired) electrons. The zero-order chi connectivity index (χ0) is 71.2. The third-order valence-electron chi connectivity index (χ3n) is 23.5. The second-order valence-electron chi connectivity index (χ2n) is 30.0. The summed E-state index contributed by atoms with van der Waals surface area (Å²) in [6.45, 7) is 18.6. The minimum Gasteiger partial charge on any atom is -0.460 e. The molecule has 1 amide bonds. The molecule has 2 bridgehead atoms. The largest absolute Gasteiger partial charge is 0.460 e. The average Bonchev–Trinajstić information content (AvgIpc) is 1.36. The van der Waals surface area contributed by atoms with Gasteiger partial charge < -0.3 is 58.9 Å². The highest BCUT2D eigenvalue weighted by atomic mass is 19.1. The lowest BCUT2D eigenvalue weighted by molar-refractivity contribution is -0.265. The van der Waals surface area contributed by atoms with Gasteiger partial charge in [0.2, 0.25) is 11.6 Å². The third-order valence-corrected chi connectivity index (χ3v) is 23.5. The number of carbonyl (C=O) groups is 8. The first kappa shape index (κ1) is 78.1. The highest BCUT2D eigenvalue weighted by molar-refractivity contribution is 6.39. The van der Waals surface area contributed by atoms with Crippen LogP contribution in [0.25, 0.3) is 0 Å². The summed E-state index contributed by atoms with van der Waals surface area (Å²) in [6.07, 6.45) is 15.5. The molecule has 5 N–H and O–H groups in total. The Bertz CT molecular complexity index is 3040. The Labute approximate surface area is 566 Å². The maximum atomic E-state index is 17.0. The summed E-state index contributed by atoms with van der Waals surface area (Å²) in [6, 6.07) is -1.14. The van der Waals surface area contributed by atoms with Gasteiger partial charge in [-0.05, 0) is 164 Å². The van der Waals surface area contributed by atoms with Crippen LogP contribution >= 0.6 is 0 Å². The van der Waals surface area contributed by atoms with Gasteiger partial charge in [-0.2, -0.15) is 0 Å². The molecular weight excluding hydrogens is 1240 g/mol. The molecule has 8 rings (SSSR count). The summed E-state index contributed by atoms with van der Waals surface area (Å²) in [4.78, 5) is 108. The number of halogens is 1. The fourth-order valence-electron chi connectivity index (χ4n) is 17.5. The third kappa shape index (κ3) is 16.2. The van der Waals surface area contributed by atoms with E-state index >= 15 is 4.39 Å². The van der Waals surface area contributed by atoms with E-state index < -0.39 is 142 Å². The number of piperidine rings is 1. The lowest BCUT2D eigenvalue weighted by Crippen LogP contribution is -2.69. The van der Waals surface area contributed by atoms with Gasteiger partial charge in [0.25, 0.3) is 11.7 Å². The van der Waals surface area contributed by atoms with E-state index in [1.54, 1.807) is 67.9 Å². The molecule has 1 unspecified atom stereocenters. The van der Waals surface area contributed by atoms with E-state index in [1.807, 2.05) is 58.1 Å². The van der Waals surface area contributed by atoms with E-state index in [1.165, 1.54) is 31.1 Å². The lowest BCUT2D eigenvalue weighted by atomic mass is 9.44. The molecular formula is C75H110FNO19. The first-order valence-corrected chi connectivity index (χ1v) is 34.9. The van der Waals surface area contributed by atoms with Crippen LogP contribution in [-0.2, 0) is 66.8 Å². The molecule has 23 atom stereocenters.